The summed E-state index contributed by atoms with van der Waals surface area (Å²) in [6, 6.07) is 7.17. The van der Waals surface area contributed by atoms with E-state index in [4.69, 9.17) is 0 Å². The molecule has 0 atom stereocenters. The molecule has 6 heteroatoms. The Morgan fingerprint density at radius 3 is 2.61 bits per heavy atom. The highest BCUT2D eigenvalue weighted by Gasteiger charge is 2.32. The lowest BCUT2D eigenvalue weighted by molar-refractivity contribution is 0.372. The Balaban J connectivity index is 2.53. The maximum Gasteiger partial charge on any atom is 0.285 e. The zero-order chi connectivity index (χ0) is 13.3. The highest BCUT2D eigenvalue weighted by molar-refractivity contribution is 9.09. The molecular formula is C12H15BrN2O2S. The zero-order valence-corrected chi connectivity index (χ0v) is 12.7. The number of amidine groups is 1. The summed E-state index contributed by atoms with van der Waals surface area (Å²) in [5.74, 6) is 0.556. The van der Waals surface area contributed by atoms with Crippen LogP contribution >= 0.6 is 15.9 Å². The summed E-state index contributed by atoms with van der Waals surface area (Å²) >= 11 is 3.39. The van der Waals surface area contributed by atoms with E-state index in [9.17, 15) is 8.42 Å². The molecule has 0 aliphatic carbocycles. The van der Waals surface area contributed by atoms with Crippen LogP contribution in [0.4, 0.5) is 0 Å². The molecule has 0 radical (unpaired) electrons. The standard InChI is InChI=1S/C12H15BrN2O2S/c1-9(2)15(8-7-13)12-10-5-3-4-6-11(10)18(16,17)14-12/h3-6,9H,7-8H2,1-2H3. The average Bonchev–Trinajstić information content (AvgIpc) is 2.59. The fourth-order valence-electron chi connectivity index (χ4n) is 2.00. The fourth-order valence-corrected chi connectivity index (χ4v) is 3.59. The molecule has 0 aromatic heterocycles. The second kappa shape index (κ2) is 5.01. The van der Waals surface area contributed by atoms with E-state index in [2.05, 4.69) is 20.3 Å². The van der Waals surface area contributed by atoms with Gasteiger partial charge in [0.2, 0.25) is 0 Å². The summed E-state index contributed by atoms with van der Waals surface area (Å²) in [5.41, 5.74) is 0.701. The first-order valence-electron chi connectivity index (χ1n) is 5.74. The number of halogens is 1. The van der Waals surface area contributed by atoms with Gasteiger partial charge in [-0.25, -0.2) is 0 Å². The highest BCUT2D eigenvalue weighted by atomic mass is 79.9. The van der Waals surface area contributed by atoms with Crippen molar-refractivity contribution in [3.63, 3.8) is 0 Å². The molecule has 0 bridgehead atoms. The van der Waals surface area contributed by atoms with Gasteiger partial charge in [0.25, 0.3) is 10.0 Å². The molecule has 1 aliphatic heterocycles. The number of sulfonamides is 1. The molecule has 18 heavy (non-hydrogen) atoms. The lowest BCUT2D eigenvalue weighted by Gasteiger charge is -2.27. The van der Waals surface area contributed by atoms with Crippen LogP contribution in [-0.4, -0.2) is 37.1 Å². The minimum Gasteiger partial charge on any atom is -0.352 e. The molecule has 0 spiro atoms. The van der Waals surface area contributed by atoms with Gasteiger partial charge >= 0.3 is 0 Å². The van der Waals surface area contributed by atoms with Crippen LogP contribution in [0.1, 0.15) is 19.4 Å². The van der Waals surface area contributed by atoms with Crippen LogP contribution < -0.4 is 0 Å². The molecule has 0 unspecified atom stereocenters. The summed E-state index contributed by atoms with van der Waals surface area (Å²) < 4.78 is 27.9. The lowest BCUT2D eigenvalue weighted by atomic mass is 10.1. The smallest absolute Gasteiger partial charge is 0.285 e. The summed E-state index contributed by atoms with van der Waals surface area (Å²) in [5, 5.41) is 0.770. The molecule has 1 aliphatic rings. The van der Waals surface area contributed by atoms with Crippen LogP contribution in [0.5, 0.6) is 0 Å². The molecule has 0 saturated carbocycles. The van der Waals surface area contributed by atoms with E-state index in [0.29, 0.717) is 16.3 Å². The van der Waals surface area contributed by atoms with E-state index >= 15 is 0 Å². The Hall–Kier alpha value is -0.880. The maximum atomic E-state index is 12.0. The van der Waals surface area contributed by atoms with E-state index in [1.54, 1.807) is 12.1 Å². The third kappa shape index (κ3) is 2.31. The minimum absolute atomic E-state index is 0.197. The van der Waals surface area contributed by atoms with Crippen molar-refractivity contribution >= 4 is 31.8 Å². The van der Waals surface area contributed by atoms with E-state index in [1.807, 2.05) is 30.9 Å². The Morgan fingerprint density at radius 2 is 2.00 bits per heavy atom. The van der Waals surface area contributed by atoms with Gasteiger partial charge in [0.1, 0.15) is 4.90 Å². The first kappa shape index (κ1) is 13.5. The van der Waals surface area contributed by atoms with Gasteiger partial charge in [-0.1, -0.05) is 28.1 Å². The quantitative estimate of drug-likeness (QED) is 0.798. The Morgan fingerprint density at radius 1 is 1.33 bits per heavy atom. The number of nitrogens with zero attached hydrogens (tertiary/aromatic N) is 2. The van der Waals surface area contributed by atoms with Crippen molar-refractivity contribution in [1.29, 1.82) is 0 Å². The van der Waals surface area contributed by atoms with E-state index in [-0.39, 0.29) is 6.04 Å². The van der Waals surface area contributed by atoms with Gasteiger partial charge in [-0.15, -0.1) is 4.40 Å². The van der Waals surface area contributed by atoms with Crippen LogP contribution in [-0.2, 0) is 10.0 Å². The third-order valence-corrected chi connectivity index (χ3v) is 4.51. The predicted octanol–water partition coefficient (Wildman–Crippen LogP) is 2.24. The van der Waals surface area contributed by atoms with Crippen molar-refractivity contribution in [2.45, 2.75) is 24.8 Å². The number of alkyl halides is 1. The molecule has 0 N–H and O–H groups in total. The number of benzene rings is 1. The molecule has 2 rings (SSSR count). The Bertz CT molecular complexity index is 581. The molecule has 1 heterocycles. The third-order valence-electron chi connectivity index (χ3n) is 2.83. The van der Waals surface area contributed by atoms with Gasteiger partial charge in [0, 0.05) is 23.5 Å². The largest absolute Gasteiger partial charge is 0.352 e. The Labute approximate surface area is 116 Å². The number of fused-ring (bicyclic) bond motifs is 1. The van der Waals surface area contributed by atoms with Crippen molar-refractivity contribution < 1.29 is 8.42 Å². The summed E-state index contributed by atoms with van der Waals surface area (Å²) in [6.07, 6.45) is 0. The van der Waals surface area contributed by atoms with Crippen molar-refractivity contribution in [3.05, 3.63) is 29.8 Å². The first-order valence-corrected chi connectivity index (χ1v) is 8.30. The number of hydrogen-bond donors (Lipinski definition) is 0. The lowest BCUT2D eigenvalue weighted by Crippen LogP contribution is -2.38. The molecule has 0 saturated heterocycles. The summed E-state index contributed by atoms with van der Waals surface area (Å²) in [7, 11) is -3.52. The minimum atomic E-state index is -3.52. The van der Waals surface area contributed by atoms with Crippen molar-refractivity contribution in [2.24, 2.45) is 4.40 Å². The van der Waals surface area contributed by atoms with E-state index in [1.165, 1.54) is 0 Å². The predicted molar refractivity (Wildman–Crippen MR) is 75.8 cm³/mol. The molecule has 0 amide bonds. The molecule has 4 nitrogen and oxygen atoms in total. The summed E-state index contributed by atoms with van der Waals surface area (Å²) in [6.45, 7) is 4.78. The second-order valence-corrected chi connectivity index (χ2v) is 6.73. The van der Waals surface area contributed by atoms with Gasteiger partial charge < -0.3 is 4.90 Å². The number of hydrogen-bond acceptors (Lipinski definition) is 3. The fraction of sp³-hybridized carbons (Fsp3) is 0.417. The highest BCUT2D eigenvalue weighted by Crippen LogP contribution is 2.28. The normalized spacial score (nSPS) is 16.6. The van der Waals surface area contributed by atoms with Crippen LogP contribution in [0.3, 0.4) is 0 Å². The number of rotatable bonds is 3. The van der Waals surface area contributed by atoms with Crippen LogP contribution in [0, 0.1) is 0 Å². The summed E-state index contributed by atoms with van der Waals surface area (Å²) in [4.78, 5) is 2.30. The van der Waals surface area contributed by atoms with Crippen molar-refractivity contribution in [3.8, 4) is 0 Å². The maximum absolute atomic E-state index is 12.0. The first-order chi connectivity index (χ1) is 8.47. The van der Waals surface area contributed by atoms with Gasteiger partial charge in [-0.2, -0.15) is 8.42 Å². The molecular weight excluding hydrogens is 316 g/mol. The monoisotopic (exact) mass is 330 g/mol. The van der Waals surface area contributed by atoms with E-state index < -0.39 is 10.0 Å². The molecule has 1 aromatic rings. The molecule has 0 fully saturated rings. The van der Waals surface area contributed by atoms with Crippen LogP contribution in [0.2, 0.25) is 0 Å². The van der Waals surface area contributed by atoms with Crippen LogP contribution in [0.25, 0.3) is 0 Å². The average molecular weight is 331 g/mol. The topological polar surface area (TPSA) is 49.7 Å². The van der Waals surface area contributed by atoms with Gasteiger partial charge in [0.05, 0.1) is 0 Å². The van der Waals surface area contributed by atoms with Crippen molar-refractivity contribution in [1.82, 2.24) is 4.90 Å². The van der Waals surface area contributed by atoms with Gasteiger partial charge in [-0.3, -0.25) is 0 Å². The van der Waals surface area contributed by atoms with Gasteiger partial charge in [-0.05, 0) is 26.0 Å². The van der Waals surface area contributed by atoms with Crippen LogP contribution in [0.15, 0.2) is 33.6 Å². The SMILES string of the molecule is CC(C)N(CCBr)C1=NS(=O)(=O)c2ccccc21. The molecule has 1 aromatic carbocycles. The van der Waals surface area contributed by atoms with Crippen molar-refractivity contribution in [2.75, 3.05) is 11.9 Å². The van der Waals surface area contributed by atoms with E-state index in [0.717, 1.165) is 11.9 Å². The molecule has 98 valence electrons. The zero-order valence-electron chi connectivity index (χ0n) is 10.3. The van der Waals surface area contributed by atoms with Gasteiger partial charge in [0.15, 0.2) is 5.84 Å². The second-order valence-electron chi connectivity index (χ2n) is 4.36. The Kier molecular flexibility index (Phi) is 3.77.